The number of hydrogen-bond acceptors (Lipinski definition) is 4. The summed E-state index contributed by atoms with van der Waals surface area (Å²) >= 11 is 1.45. The zero-order chi connectivity index (χ0) is 12.1. The van der Waals surface area contributed by atoms with Gasteiger partial charge in [-0.2, -0.15) is 0 Å². The minimum Gasteiger partial charge on any atom is -0.480 e. The van der Waals surface area contributed by atoms with E-state index in [2.05, 4.69) is 15.6 Å². The quantitative estimate of drug-likeness (QED) is 0.726. The molecule has 88 valence electrons. The number of urea groups is 1. The topological polar surface area (TPSA) is 91.3 Å². The van der Waals surface area contributed by atoms with E-state index in [-0.39, 0.29) is 0 Å². The highest BCUT2D eigenvalue weighted by Gasteiger charge is 2.13. The largest absolute Gasteiger partial charge is 0.480 e. The second-order valence-corrected chi connectivity index (χ2v) is 4.21. The number of nitrogens with one attached hydrogen (secondary N) is 2. The lowest BCUT2D eigenvalue weighted by molar-refractivity contribution is -0.138. The first kappa shape index (κ1) is 12.4. The number of rotatable bonds is 4. The predicted molar refractivity (Wildman–Crippen MR) is 59.3 cm³/mol. The number of aryl methyl sites for hydroxylation is 1. The summed E-state index contributed by atoms with van der Waals surface area (Å²) in [4.78, 5) is 25.8. The molecule has 0 bridgehead atoms. The van der Waals surface area contributed by atoms with E-state index >= 15 is 0 Å². The van der Waals surface area contributed by atoms with Gasteiger partial charge in [0.25, 0.3) is 0 Å². The van der Waals surface area contributed by atoms with E-state index in [1.54, 1.807) is 0 Å². The van der Waals surface area contributed by atoms with Crippen LogP contribution >= 0.6 is 11.3 Å². The van der Waals surface area contributed by atoms with Crippen LogP contribution in [-0.4, -0.2) is 28.1 Å². The molecular weight excluding hydrogens is 230 g/mol. The highest BCUT2D eigenvalue weighted by atomic mass is 32.1. The Morgan fingerprint density at radius 1 is 1.62 bits per heavy atom. The summed E-state index contributed by atoms with van der Waals surface area (Å²) in [6.07, 6.45) is 0. The zero-order valence-electron chi connectivity index (χ0n) is 8.98. The maximum absolute atomic E-state index is 11.2. The molecule has 1 aromatic heterocycles. The van der Waals surface area contributed by atoms with Crippen LogP contribution in [0.25, 0.3) is 0 Å². The molecule has 2 amide bonds. The number of amides is 2. The molecule has 0 radical (unpaired) electrons. The molecule has 0 aliphatic rings. The molecular formula is C9H13N3O3S. The lowest BCUT2D eigenvalue weighted by Crippen LogP contribution is -2.44. The Bertz CT molecular complexity index is 391. The molecule has 1 atom stereocenters. The first-order valence-corrected chi connectivity index (χ1v) is 5.55. The molecule has 0 unspecified atom stereocenters. The fraction of sp³-hybridized carbons (Fsp3) is 0.444. The van der Waals surface area contributed by atoms with Gasteiger partial charge in [-0.05, 0) is 13.8 Å². The summed E-state index contributed by atoms with van der Waals surface area (Å²) in [5.74, 6) is -1.07. The van der Waals surface area contributed by atoms with Crippen molar-refractivity contribution in [1.29, 1.82) is 0 Å². The van der Waals surface area contributed by atoms with E-state index in [1.807, 2.05) is 12.3 Å². The van der Waals surface area contributed by atoms with Gasteiger partial charge >= 0.3 is 12.0 Å². The Balaban J connectivity index is 2.33. The Kier molecular flexibility index (Phi) is 4.24. The van der Waals surface area contributed by atoms with Gasteiger partial charge in [0.2, 0.25) is 0 Å². The highest BCUT2D eigenvalue weighted by molar-refractivity contribution is 7.09. The van der Waals surface area contributed by atoms with Gasteiger partial charge in [-0.1, -0.05) is 0 Å². The van der Waals surface area contributed by atoms with Crippen molar-refractivity contribution in [3.05, 3.63) is 16.1 Å². The standard InChI is InChI=1S/C9H13N3O3S/c1-5-4-16-7(11-5)3-10-9(15)12-6(2)8(13)14/h4,6H,3H2,1-2H3,(H,13,14)(H2,10,12,15)/t6-/m1/s1. The van der Waals surface area contributed by atoms with Crippen molar-refractivity contribution >= 4 is 23.3 Å². The van der Waals surface area contributed by atoms with E-state index in [1.165, 1.54) is 18.3 Å². The molecule has 1 aromatic rings. The van der Waals surface area contributed by atoms with Gasteiger partial charge < -0.3 is 15.7 Å². The molecule has 1 rings (SSSR count). The number of nitrogens with zero attached hydrogens (tertiary/aromatic N) is 1. The lowest BCUT2D eigenvalue weighted by atomic mass is 10.3. The van der Waals surface area contributed by atoms with Crippen LogP contribution in [0, 0.1) is 6.92 Å². The molecule has 0 aliphatic heterocycles. The maximum Gasteiger partial charge on any atom is 0.325 e. The van der Waals surface area contributed by atoms with Crippen molar-refractivity contribution < 1.29 is 14.7 Å². The van der Waals surface area contributed by atoms with Crippen molar-refractivity contribution in [2.24, 2.45) is 0 Å². The van der Waals surface area contributed by atoms with Crippen molar-refractivity contribution in [1.82, 2.24) is 15.6 Å². The average molecular weight is 243 g/mol. The smallest absolute Gasteiger partial charge is 0.325 e. The third-order valence-corrected chi connectivity index (χ3v) is 2.75. The number of carboxylic acids is 1. The van der Waals surface area contributed by atoms with Gasteiger partial charge in [0, 0.05) is 11.1 Å². The summed E-state index contributed by atoms with van der Waals surface area (Å²) in [5, 5.41) is 16.1. The van der Waals surface area contributed by atoms with Crippen LogP contribution in [0.1, 0.15) is 17.6 Å². The van der Waals surface area contributed by atoms with Crippen molar-refractivity contribution in [3.63, 3.8) is 0 Å². The molecule has 1 heterocycles. The molecule has 0 aromatic carbocycles. The fourth-order valence-electron chi connectivity index (χ4n) is 0.949. The molecule has 0 saturated heterocycles. The second-order valence-electron chi connectivity index (χ2n) is 3.27. The number of carbonyl (C=O) groups excluding carboxylic acids is 1. The third-order valence-electron chi connectivity index (χ3n) is 1.78. The fourth-order valence-corrected chi connectivity index (χ4v) is 1.66. The zero-order valence-corrected chi connectivity index (χ0v) is 9.80. The van der Waals surface area contributed by atoms with Crippen LogP contribution < -0.4 is 10.6 Å². The Morgan fingerprint density at radius 3 is 2.81 bits per heavy atom. The summed E-state index contributed by atoms with van der Waals surface area (Å²) < 4.78 is 0. The van der Waals surface area contributed by atoms with Crippen LogP contribution in [0.15, 0.2) is 5.38 Å². The minimum absolute atomic E-state index is 0.302. The highest BCUT2D eigenvalue weighted by Crippen LogP contribution is 2.07. The van der Waals surface area contributed by atoms with Gasteiger partial charge in [-0.25, -0.2) is 9.78 Å². The Morgan fingerprint density at radius 2 is 2.31 bits per heavy atom. The van der Waals surface area contributed by atoms with Gasteiger partial charge in [-0.15, -0.1) is 11.3 Å². The summed E-state index contributed by atoms with van der Waals surface area (Å²) in [5.41, 5.74) is 0.904. The number of carbonyl (C=O) groups is 2. The van der Waals surface area contributed by atoms with Gasteiger partial charge in [0.05, 0.1) is 6.54 Å². The minimum atomic E-state index is -1.07. The van der Waals surface area contributed by atoms with E-state index in [4.69, 9.17) is 5.11 Å². The molecule has 0 saturated carbocycles. The van der Waals surface area contributed by atoms with Crippen molar-refractivity contribution in [3.8, 4) is 0 Å². The van der Waals surface area contributed by atoms with E-state index in [9.17, 15) is 9.59 Å². The number of aromatic nitrogens is 1. The van der Waals surface area contributed by atoms with Gasteiger partial charge in [-0.3, -0.25) is 4.79 Å². The molecule has 0 spiro atoms. The Hall–Kier alpha value is -1.63. The number of hydrogen-bond donors (Lipinski definition) is 3. The molecule has 6 nitrogen and oxygen atoms in total. The van der Waals surface area contributed by atoms with Crippen LogP contribution in [0.2, 0.25) is 0 Å². The van der Waals surface area contributed by atoms with Crippen molar-refractivity contribution in [2.75, 3.05) is 0 Å². The van der Waals surface area contributed by atoms with Crippen LogP contribution in [0.4, 0.5) is 4.79 Å². The van der Waals surface area contributed by atoms with E-state index in [0.29, 0.717) is 6.54 Å². The summed E-state index contributed by atoms with van der Waals surface area (Å²) in [6.45, 7) is 3.57. The Labute approximate surface area is 96.7 Å². The van der Waals surface area contributed by atoms with Crippen LogP contribution in [0.3, 0.4) is 0 Å². The summed E-state index contributed by atoms with van der Waals surface area (Å²) in [7, 11) is 0. The normalized spacial score (nSPS) is 11.9. The third kappa shape index (κ3) is 3.85. The average Bonchev–Trinajstić information content (AvgIpc) is 2.61. The second kappa shape index (κ2) is 5.45. The van der Waals surface area contributed by atoms with Crippen molar-refractivity contribution in [2.45, 2.75) is 26.4 Å². The van der Waals surface area contributed by atoms with Gasteiger partial charge in [0.15, 0.2) is 0 Å². The monoisotopic (exact) mass is 243 g/mol. The maximum atomic E-state index is 11.2. The molecule has 0 aliphatic carbocycles. The molecule has 3 N–H and O–H groups in total. The molecule has 0 fully saturated rings. The SMILES string of the molecule is Cc1csc(CNC(=O)N[C@H](C)C(=O)O)n1. The van der Waals surface area contributed by atoms with Crippen LogP contribution in [-0.2, 0) is 11.3 Å². The first-order valence-electron chi connectivity index (χ1n) is 4.67. The van der Waals surface area contributed by atoms with Gasteiger partial charge in [0.1, 0.15) is 11.0 Å². The molecule has 16 heavy (non-hydrogen) atoms. The predicted octanol–water partition coefficient (Wildman–Crippen LogP) is 0.724. The van der Waals surface area contributed by atoms with Crippen LogP contribution in [0.5, 0.6) is 0 Å². The number of aliphatic carboxylic acids is 1. The van der Waals surface area contributed by atoms with E-state index < -0.39 is 18.0 Å². The number of thiazole rings is 1. The number of carboxylic acid groups (broad SMARTS) is 1. The lowest BCUT2D eigenvalue weighted by Gasteiger charge is -2.09. The first-order chi connectivity index (χ1) is 7.49. The molecule has 7 heteroatoms. The van der Waals surface area contributed by atoms with E-state index in [0.717, 1.165) is 10.7 Å². The summed E-state index contributed by atoms with van der Waals surface area (Å²) in [6, 6.07) is -1.42.